The number of rotatable bonds is 5. The highest BCUT2D eigenvalue weighted by Crippen LogP contribution is 2.37. The molecule has 22 heavy (non-hydrogen) atoms. The van der Waals surface area contributed by atoms with E-state index in [0.717, 1.165) is 35.8 Å². The number of quaternary nitrogens is 1. The van der Waals surface area contributed by atoms with E-state index in [9.17, 15) is 0 Å². The van der Waals surface area contributed by atoms with Crippen LogP contribution in [-0.4, -0.2) is 24.8 Å². The Balaban J connectivity index is 2.17. The van der Waals surface area contributed by atoms with Crippen molar-refractivity contribution in [3.63, 3.8) is 0 Å². The second-order valence-corrected chi connectivity index (χ2v) is 7.55. The molecule has 2 atom stereocenters. The Bertz CT molecular complexity index is 549. The van der Waals surface area contributed by atoms with Gasteiger partial charge < -0.3 is 4.84 Å². The van der Waals surface area contributed by atoms with Crippen molar-refractivity contribution < 1.29 is 9.48 Å². The van der Waals surface area contributed by atoms with Gasteiger partial charge in [0.15, 0.2) is 5.75 Å². The second kappa shape index (κ2) is 6.62. The standard InChI is InChI=1S/C20H34NO/c1-8-14(2)10-9-12-21(7)13-11-19-17(5)15(3)16(4)18(6)20(19)22-21/h14H,8-13H2,1-7H3/q+1. The van der Waals surface area contributed by atoms with Crippen LogP contribution in [0.2, 0.25) is 0 Å². The van der Waals surface area contributed by atoms with Gasteiger partial charge in [0.05, 0.1) is 0 Å². The summed E-state index contributed by atoms with van der Waals surface area (Å²) in [6.07, 6.45) is 4.99. The van der Waals surface area contributed by atoms with Gasteiger partial charge in [0.1, 0.15) is 20.1 Å². The molecule has 2 heteroatoms. The number of hydrogen-bond donors (Lipinski definition) is 0. The minimum Gasteiger partial charge on any atom is -0.315 e. The van der Waals surface area contributed by atoms with Crippen LogP contribution in [0.15, 0.2) is 0 Å². The van der Waals surface area contributed by atoms with E-state index >= 15 is 0 Å². The molecule has 0 amide bonds. The number of fused-ring (bicyclic) bond motifs is 1. The molecule has 2 rings (SSSR count). The molecule has 1 heterocycles. The maximum absolute atomic E-state index is 6.52. The minimum atomic E-state index is 0.742. The van der Waals surface area contributed by atoms with Gasteiger partial charge in [-0.1, -0.05) is 20.3 Å². The van der Waals surface area contributed by atoms with Crippen molar-refractivity contribution in [1.82, 2.24) is 0 Å². The van der Waals surface area contributed by atoms with E-state index in [1.54, 1.807) is 0 Å². The van der Waals surface area contributed by atoms with Crippen molar-refractivity contribution in [2.24, 2.45) is 5.92 Å². The maximum atomic E-state index is 6.52. The fourth-order valence-electron chi connectivity index (χ4n) is 3.53. The van der Waals surface area contributed by atoms with Gasteiger partial charge in [0, 0.05) is 24.0 Å². The summed E-state index contributed by atoms with van der Waals surface area (Å²) in [7, 11) is 2.25. The van der Waals surface area contributed by atoms with Crippen LogP contribution in [-0.2, 0) is 6.42 Å². The molecule has 0 radical (unpaired) electrons. The highest BCUT2D eigenvalue weighted by molar-refractivity contribution is 5.54. The monoisotopic (exact) mass is 304 g/mol. The van der Waals surface area contributed by atoms with Gasteiger partial charge in [0.2, 0.25) is 0 Å². The molecule has 0 saturated heterocycles. The molecule has 2 nitrogen and oxygen atoms in total. The number of hydroxylamine groups is 3. The molecule has 0 N–H and O–H groups in total. The first-order chi connectivity index (χ1) is 10.3. The van der Waals surface area contributed by atoms with Gasteiger partial charge in [-0.3, -0.25) is 0 Å². The average Bonchev–Trinajstić information content (AvgIpc) is 2.50. The Morgan fingerprint density at radius 1 is 1.05 bits per heavy atom. The van der Waals surface area contributed by atoms with Crippen LogP contribution in [0.3, 0.4) is 0 Å². The Morgan fingerprint density at radius 3 is 2.32 bits per heavy atom. The van der Waals surface area contributed by atoms with Crippen molar-refractivity contribution in [2.75, 3.05) is 20.1 Å². The van der Waals surface area contributed by atoms with Gasteiger partial charge in [0.25, 0.3) is 0 Å². The minimum absolute atomic E-state index is 0.742. The third kappa shape index (κ3) is 3.32. The zero-order chi connectivity index (χ0) is 16.5. The highest BCUT2D eigenvalue weighted by Gasteiger charge is 2.34. The van der Waals surface area contributed by atoms with Crippen molar-refractivity contribution in [3.05, 3.63) is 27.8 Å². The predicted octanol–water partition coefficient (Wildman–Crippen LogP) is 5.04. The summed E-state index contributed by atoms with van der Waals surface area (Å²) in [5.41, 5.74) is 7.04. The first kappa shape index (κ1) is 17.3. The molecule has 0 aliphatic carbocycles. The van der Waals surface area contributed by atoms with Crippen LogP contribution in [0.5, 0.6) is 5.75 Å². The van der Waals surface area contributed by atoms with Crippen LogP contribution in [0, 0.1) is 33.6 Å². The SMILES string of the molecule is CCC(C)CCC[N+]1(C)CCc2c(C)c(C)c(C)c(C)c2O1. The van der Waals surface area contributed by atoms with E-state index in [0.29, 0.717) is 0 Å². The van der Waals surface area contributed by atoms with E-state index < -0.39 is 0 Å². The smallest absolute Gasteiger partial charge is 0.197 e. The molecule has 1 aliphatic rings. The Labute approximate surface area is 137 Å². The van der Waals surface area contributed by atoms with E-state index in [1.165, 1.54) is 47.1 Å². The lowest BCUT2D eigenvalue weighted by molar-refractivity contribution is -1.07. The summed E-state index contributed by atoms with van der Waals surface area (Å²) in [6, 6.07) is 0. The fourth-order valence-corrected chi connectivity index (χ4v) is 3.53. The van der Waals surface area contributed by atoms with Crippen LogP contribution in [0.4, 0.5) is 0 Å². The molecule has 1 aromatic rings. The van der Waals surface area contributed by atoms with Crippen LogP contribution < -0.4 is 4.84 Å². The number of hydrogen-bond acceptors (Lipinski definition) is 1. The van der Waals surface area contributed by atoms with E-state index in [1.807, 2.05) is 0 Å². The van der Waals surface area contributed by atoms with E-state index in [4.69, 9.17) is 4.84 Å². The Hall–Kier alpha value is -1.02. The summed E-state index contributed by atoms with van der Waals surface area (Å²) in [4.78, 5) is 6.52. The molecule has 124 valence electrons. The van der Waals surface area contributed by atoms with Gasteiger partial charge in [-0.05, 0) is 56.7 Å². The summed E-state index contributed by atoms with van der Waals surface area (Å²) in [5, 5.41) is 0. The van der Waals surface area contributed by atoms with Crippen molar-refractivity contribution in [2.45, 2.75) is 67.2 Å². The molecular weight excluding hydrogens is 270 g/mol. The van der Waals surface area contributed by atoms with Crippen LogP contribution >= 0.6 is 0 Å². The predicted molar refractivity (Wildman–Crippen MR) is 94.3 cm³/mol. The molecule has 0 saturated carbocycles. The molecular formula is C20H34NO+. The lowest BCUT2D eigenvalue weighted by Gasteiger charge is -2.38. The normalized spacial score (nSPS) is 22.1. The van der Waals surface area contributed by atoms with Gasteiger partial charge in [-0.25, -0.2) is 0 Å². The Kier molecular flexibility index (Phi) is 5.21. The summed E-state index contributed by atoms with van der Waals surface area (Å²) >= 11 is 0. The summed E-state index contributed by atoms with van der Waals surface area (Å²) < 4.78 is 0.742. The summed E-state index contributed by atoms with van der Waals surface area (Å²) in [5.74, 6) is 2.00. The summed E-state index contributed by atoms with van der Waals surface area (Å²) in [6.45, 7) is 15.8. The first-order valence-corrected chi connectivity index (χ1v) is 8.92. The van der Waals surface area contributed by atoms with Crippen molar-refractivity contribution >= 4 is 0 Å². The maximum Gasteiger partial charge on any atom is 0.197 e. The van der Waals surface area contributed by atoms with Gasteiger partial charge in [-0.2, -0.15) is 0 Å². The number of likely N-dealkylation sites (N-methyl/N-ethyl adjacent to an activating group) is 1. The average molecular weight is 304 g/mol. The quantitative estimate of drug-likeness (QED) is 0.692. The second-order valence-electron chi connectivity index (χ2n) is 7.55. The highest BCUT2D eigenvalue weighted by atomic mass is 16.7. The molecule has 0 fully saturated rings. The lowest BCUT2D eigenvalue weighted by atomic mass is 9.91. The van der Waals surface area contributed by atoms with E-state index in [2.05, 4.69) is 48.6 Å². The Morgan fingerprint density at radius 2 is 1.68 bits per heavy atom. The van der Waals surface area contributed by atoms with Gasteiger partial charge >= 0.3 is 0 Å². The third-order valence-electron chi connectivity index (χ3n) is 5.93. The molecule has 0 aromatic heterocycles. The lowest BCUT2D eigenvalue weighted by Crippen LogP contribution is -2.51. The van der Waals surface area contributed by atoms with Crippen molar-refractivity contribution in [1.29, 1.82) is 0 Å². The van der Waals surface area contributed by atoms with Crippen LogP contribution in [0.25, 0.3) is 0 Å². The number of benzene rings is 1. The van der Waals surface area contributed by atoms with Gasteiger partial charge in [-0.15, -0.1) is 4.65 Å². The zero-order valence-corrected chi connectivity index (χ0v) is 15.7. The molecule has 0 spiro atoms. The fraction of sp³-hybridized carbons (Fsp3) is 0.700. The molecule has 1 aliphatic heterocycles. The van der Waals surface area contributed by atoms with E-state index in [-0.39, 0.29) is 0 Å². The zero-order valence-electron chi connectivity index (χ0n) is 15.7. The molecule has 0 bridgehead atoms. The molecule has 2 unspecified atom stereocenters. The first-order valence-electron chi connectivity index (χ1n) is 8.92. The topological polar surface area (TPSA) is 9.23 Å². The molecule has 1 aromatic carbocycles. The third-order valence-corrected chi connectivity index (χ3v) is 5.93. The van der Waals surface area contributed by atoms with Crippen molar-refractivity contribution in [3.8, 4) is 5.75 Å². The number of nitrogens with zero attached hydrogens (tertiary/aromatic N) is 1. The van der Waals surface area contributed by atoms with Crippen LogP contribution in [0.1, 0.15) is 60.9 Å². The largest absolute Gasteiger partial charge is 0.315 e.